The Balaban J connectivity index is 1.56. The number of hydrogen-bond acceptors (Lipinski definition) is 8. The van der Waals surface area contributed by atoms with E-state index in [2.05, 4.69) is 0 Å². The highest BCUT2D eigenvalue weighted by atomic mass is 16.8. The number of hydrogen-bond donors (Lipinski definition) is 5. The third kappa shape index (κ3) is 4.07. The summed E-state index contributed by atoms with van der Waals surface area (Å²) in [5.74, 6) is -2.28. The summed E-state index contributed by atoms with van der Waals surface area (Å²) >= 11 is 0. The summed E-state index contributed by atoms with van der Waals surface area (Å²) in [4.78, 5) is 13.5. The van der Waals surface area contributed by atoms with Crippen LogP contribution in [0.25, 0.3) is 0 Å². The fourth-order valence-electron chi connectivity index (χ4n) is 9.64. The maximum Gasteiger partial charge on any atom is 0.164 e. The van der Waals surface area contributed by atoms with Crippen LogP contribution in [0.15, 0.2) is 11.6 Å². The maximum atomic E-state index is 13.5. The molecule has 1 saturated heterocycles. The molecular weight excluding hydrogens is 500 g/mol. The van der Waals surface area contributed by atoms with E-state index in [1.807, 2.05) is 55.4 Å². The third-order valence-corrected chi connectivity index (χ3v) is 12.1. The molecule has 4 fully saturated rings. The van der Waals surface area contributed by atoms with E-state index in [0.717, 1.165) is 0 Å². The molecule has 1 heterocycles. The van der Waals surface area contributed by atoms with E-state index >= 15 is 0 Å². The molecule has 8 nitrogen and oxygen atoms in total. The molecule has 1 aliphatic heterocycles. The van der Waals surface area contributed by atoms with E-state index in [0.29, 0.717) is 31.3 Å². The second-order valence-corrected chi connectivity index (χ2v) is 15.3. The number of carbonyl (C=O) groups excluding carboxylic acids is 1. The molecule has 5 aliphatic rings. The number of rotatable bonds is 4. The highest BCUT2D eigenvalue weighted by Crippen LogP contribution is 2.70. The summed E-state index contributed by atoms with van der Waals surface area (Å²) in [6.07, 6.45) is 0.324. The highest BCUT2D eigenvalue weighted by Gasteiger charge is 2.73. The summed E-state index contributed by atoms with van der Waals surface area (Å²) in [7, 11) is 0. The second kappa shape index (κ2) is 8.82. The van der Waals surface area contributed by atoms with Gasteiger partial charge in [0.05, 0.1) is 41.2 Å². The fraction of sp³-hybridized carbons (Fsp3) is 0.903. The van der Waals surface area contributed by atoms with Crippen molar-refractivity contribution in [2.24, 2.45) is 34.5 Å². The Bertz CT molecular complexity index is 1050. The zero-order valence-electron chi connectivity index (χ0n) is 24.9. The Morgan fingerprint density at radius 3 is 2.31 bits per heavy atom. The maximum absolute atomic E-state index is 13.5. The molecule has 12 atom stereocenters. The van der Waals surface area contributed by atoms with E-state index in [9.17, 15) is 30.3 Å². The molecule has 222 valence electrons. The van der Waals surface area contributed by atoms with Crippen molar-refractivity contribution in [2.75, 3.05) is 0 Å². The SMILES string of the molecule is CC(C)[C@](C)(O)C[C@H]1OC(C)(C)O[C@]1(C)[C@H]1CC[C@@]2(O)C3=CC(=O)[C@@H]4C[C@@H](O)[C@@H](O)C[C@]4(C)[C@H]3[C@H](O)C[C@]12C. The lowest BCUT2D eigenvalue weighted by Gasteiger charge is -2.62. The normalized spacial score (nSPS) is 52.6. The number of ketones is 1. The molecule has 8 heteroatoms. The average Bonchev–Trinajstić information content (AvgIpc) is 3.18. The number of aliphatic hydroxyl groups excluding tert-OH is 3. The molecule has 0 radical (unpaired) electrons. The molecule has 0 bridgehead atoms. The average molecular weight is 551 g/mol. The van der Waals surface area contributed by atoms with Crippen LogP contribution in [-0.2, 0) is 14.3 Å². The van der Waals surface area contributed by atoms with Crippen LogP contribution in [-0.4, -0.2) is 78.3 Å². The quantitative estimate of drug-likeness (QED) is 0.361. The highest BCUT2D eigenvalue weighted by molar-refractivity contribution is 5.95. The van der Waals surface area contributed by atoms with Crippen molar-refractivity contribution >= 4 is 5.78 Å². The Labute approximate surface area is 232 Å². The summed E-state index contributed by atoms with van der Waals surface area (Å²) in [5, 5.41) is 56.6. The van der Waals surface area contributed by atoms with Crippen LogP contribution in [0.1, 0.15) is 93.9 Å². The zero-order chi connectivity index (χ0) is 29.1. The molecule has 3 saturated carbocycles. The van der Waals surface area contributed by atoms with Gasteiger partial charge in [0.2, 0.25) is 0 Å². The number of ether oxygens (including phenoxy) is 2. The lowest BCUT2D eigenvalue weighted by atomic mass is 9.44. The van der Waals surface area contributed by atoms with Crippen molar-refractivity contribution < 1.29 is 39.8 Å². The summed E-state index contributed by atoms with van der Waals surface area (Å²) in [6.45, 7) is 15.5. The lowest BCUT2D eigenvalue weighted by Crippen LogP contribution is -2.66. The minimum Gasteiger partial charge on any atom is -0.392 e. The van der Waals surface area contributed by atoms with Gasteiger partial charge < -0.3 is 35.0 Å². The van der Waals surface area contributed by atoms with Gasteiger partial charge in [-0.05, 0) is 88.7 Å². The first-order valence-corrected chi connectivity index (χ1v) is 14.8. The summed E-state index contributed by atoms with van der Waals surface area (Å²) < 4.78 is 13.1. The molecule has 5 rings (SSSR count). The number of fused-ring (bicyclic) bond motifs is 5. The van der Waals surface area contributed by atoms with E-state index in [-0.39, 0.29) is 30.5 Å². The molecule has 0 spiro atoms. The van der Waals surface area contributed by atoms with Crippen LogP contribution in [0.2, 0.25) is 0 Å². The van der Waals surface area contributed by atoms with E-state index in [4.69, 9.17) is 9.47 Å². The van der Waals surface area contributed by atoms with Crippen molar-refractivity contribution in [3.05, 3.63) is 11.6 Å². The van der Waals surface area contributed by atoms with Gasteiger partial charge in [-0.1, -0.05) is 27.7 Å². The molecule has 0 amide bonds. The van der Waals surface area contributed by atoms with Gasteiger partial charge in [0, 0.05) is 23.7 Å². The van der Waals surface area contributed by atoms with E-state index in [1.54, 1.807) is 6.08 Å². The predicted octanol–water partition coefficient (Wildman–Crippen LogP) is 2.87. The molecular formula is C31H50O8. The van der Waals surface area contributed by atoms with E-state index in [1.165, 1.54) is 0 Å². The minimum atomic E-state index is -1.35. The van der Waals surface area contributed by atoms with Gasteiger partial charge >= 0.3 is 0 Å². The molecule has 5 N–H and O–H groups in total. The molecule has 0 aromatic rings. The minimum absolute atomic E-state index is 0.00104. The van der Waals surface area contributed by atoms with Crippen molar-refractivity contribution in [3.63, 3.8) is 0 Å². The van der Waals surface area contributed by atoms with Crippen LogP contribution < -0.4 is 0 Å². The number of aliphatic hydroxyl groups is 5. The zero-order valence-corrected chi connectivity index (χ0v) is 24.9. The van der Waals surface area contributed by atoms with Gasteiger partial charge in [0.25, 0.3) is 0 Å². The van der Waals surface area contributed by atoms with Gasteiger partial charge in [-0.3, -0.25) is 4.79 Å². The fourth-order valence-corrected chi connectivity index (χ4v) is 9.64. The van der Waals surface area contributed by atoms with Crippen LogP contribution in [0.3, 0.4) is 0 Å². The summed E-state index contributed by atoms with van der Waals surface area (Å²) in [6, 6.07) is 0. The number of carbonyl (C=O) groups is 1. The standard InChI is InChI=1S/C31H50O8/c1-16(2)29(7,36)15-24-30(8,39-26(3,4)38-24)23-9-10-31(37)18-12-19(32)17-11-20(33)21(34)13-27(17,5)25(18)22(35)14-28(23,31)6/h12,16-17,20-25,33-37H,9-11,13-15H2,1-8H3/t17-,20+,21-,22+,23-,24+,25+,27-,28+,29+,30+,31+/m0/s1. The second-order valence-electron chi connectivity index (χ2n) is 15.3. The first-order valence-electron chi connectivity index (χ1n) is 14.8. The Kier molecular flexibility index (Phi) is 6.70. The molecule has 0 aromatic heterocycles. The molecule has 0 unspecified atom stereocenters. The lowest BCUT2D eigenvalue weighted by molar-refractivity contribution is -0.203. The summed E-state index contributed by atoms with van der Waals surface area (Å²) in [5.41, 5.74) is -4.23. The predicted molar refractivity (Wildman–Crippen MR) is 144 cm³/mol. The van der Waals surface area contributed by atoms with Gasteiger partial charge in [-0.25, -0.2) is 0 Å². The van der Waals surface area contributed by atoms with Crippen LogP contribution in [0.5, 0.6) is 0 Å². The van der Waals surface area contributed by atoms with Crippen molar-refractivity contribution in [3.8, 4) is 0 Å². The monoisotopic (exact) mass is 550 g/mol. The smallest absolute Gasteiger partial charge is 0.164 e. The molecule has 4 aliphatic carbocycles. The first kappa shape index (κ1) is 29.6. The van der Waals surface area contributed by atoms with Crippen LogP contribution >= 0.6 is 0 Å². The molecule has 39 heavy (non-hydrogen) atoms. The van der Waals surface area contributed by atoms with Gasteiger partial charge in [-0.15, -0.1) is 0 Å². The Hall–Kier alpha value is -0.870. The molecule has 0 aromatic carbocycles. The van der Waals surface area contributed by atoms with Crippen molar-refractivity contribution in [2.45, 2.75) is 141 Å². The Morgan fingerprint density at radius 1 is 1.05 bits per heavy atom. The van der Waals surface area contributed by atoms with Gasteiger partial charge in [0.1, 0.15) is 0 Å². The Morgan fingerprint density at radius 2 is 1.69 bits per heavy atom. The largest absolute Gasteiger partial charge is 0.392 e. The van der Waals surface area contributed by atoms with E-state index < -0.39 is 69.7 Å². The third-order valence-electron chi connectivity index (χ3n) is 12.1. The van der Waals surface area contributed by atoms with Gasteiger partial charge in [-0.2, -0.15) is 0 Å². The van der Waals surface area contributed by atoms with Gasteiger partial charge in [0.15, 0.2) is 11.6 Å². The van der Waals surface area contributed by atoms with Crippen molar-refractivity contribution in [1.82, 2.24) is 0 Å². The topological polar surface area (TPSA) is 137 Å². The van der Waals surface area contributed by atoms with Crippen LogP contribution in [0, 0.1) is 34.5 Å². The van der Waals surface area contributed by atoms with Crippen LogP contribution in [0.4, 0.5) is 0 Å². The first-order chi connectivity index (χ1) is 17.7. The number of allylic oxidation sites excluding steroid dienone is 1. The van der Waals surface area contributed by atoms with Crippen molar-refractivity contribution in [1.29, 1.82) is 0 Å².